The quantitative estimate of drug-likeness (QED) is 0.780. The van der Waals surface area contributed by atoms with Crippen LogP contribution < -0.4 is 4.31 Å². The van der Waals surface area contributed by atoms with Crippen molar-refractivity contribution in [2.24, 2.45) is 0 Å². The third-order valence-corrected chi connectivity index (χ3v) is 4.42. The molecule has 78 valence electrons. The van der Waals surface area contributed by atoms with E-state index in [-0.39, 0.29) is 0 Å². The zero-order chi connectivity index (χ0) is 10.9. The van der Waals surface area contributed by atoms with Gasteiger partial charge in [-0.2, -0.15) is 0 Å². The van der Waals surface area contributed by atoms with Crippen LogP contribution in [0.4, 0.5) is 5.69 Å². The van der Waals surface area contributed by atoms with E-state index in [0.29, 0.717) is 5.69 Å². The zero-order valence-corrected chi connectivity index (χ0v) is 11.3. The molecule has 0 radical (unpaired) electrons. The molecule has 0 aliphatic carbocycles. The van der Waals surface area contributed by atoms with Gasteiger partial charge in [0.05, 0.1) is 11.9 Å². The molecule has 0 atom stereocenters. The van der Waals surface area contributed by atoms with Crippen LogP contribution >= 0.6 is 22.6 Å². The first kappa shape index (κ1) is 11.8. The highest BCUT2D eigenvalue weighted by Crippen LogP contribution is 2.20. The molecule has 0 amide bonds. The first-order valence-electron chi connectivity index (χ1n) is 4.02. The van der Waals surface area contributed by atoms with Gasteiger partial charge < -0.3 is 0 Å². The van der Waals surface area contributed by atoms with Gasteiger partial charge in [0.15, 0.2) is 0 Å². The van der Waals surface area contributed by atoms with Crippen LogP contribution in [0, 0.1) is 10.5 Å². The first-order valence-corrected chi connectivity index (χ1v) is 6.95. The standard InChI is InChI=1S/C9H12INO2S/c1-7-6-8(4-5-9(7)10)11(2)14(3,12)13/h4-6H,1-3H3. The third-order valence-electron chi connectivity index (χ3n) is 2.00. The summed E-state index contributed by atoms with van der Waals surface area (Å²) in [6.45, 7) is 1.96. The number of rotatable bonds is 2. The van der Waals surface area contributed by atoms with Crippen LogP contribution in [-0.2, 0) is 10.0 Å². The number of anilines is 1. The summed E-state index contributed by atoms with van der Waals surface area (Å²) in [6.07, 6.45) is 1.19. The van der Waals surface area contributed by atoms with E-state index in [0.717, 1.165) is 9.13 Å². The molecule has 0 aliphatic rings. The predicted molar refractivity (Wildman–Crippen MR) is 67.1 cm³/mol. The fourth-order valence-corrected chi connectivity index (χ4v) is 1.85. The van der Waals surface area contributed by atoms with Crippen molar-refractivity contribution in [1.82, 2.24) is 0 Å². The van der Waals surface area contributed by atoms with Crippen molar-refractivity contribution >= 4 is 38.3 Å². The zero-order valence-electron chi connectivity index (χ0n) is 8.28. The van der Waals surface area contributed by atoms with Gasteiger partial charge in [-0.25, -0.2) is 8.42 Å². The molecular formula is C9H12INO2S. The normalized spacial score (nSPS) is 11.4. The predicted octanol–water partition coefficient (Wildman–Crippen LogP) is 2.00. The van der Waals surface area contributed by atoms with Gasteiger partial charge >= 0.3 is 0 Å². The van der Waals surface area contributed by atoms with E-state index in [2.05, 4.69) is 22.6 Å². The summed E-state index contributed by atoms with van der Waals surface area (Å²) in [6, 6.07) is 5.57. The molecule has 0 spiro atoms. The molecule has 0 saturated heterocycles. The molecule has 1 aromatic rings. The fourth-order valence-electron chi connectivity index (χ4n) is 1.02. The second kappa shape index (κ2) is 4.06. The summed E-state index contributed by atoms with van der Waals surface area (Å²) in [7, 11) is -1.60. The van der Waals surface area contributed by atoms with Crippen LogP contribution in [-0.4, -0.2) is 21.7 Å². The summed E-state index contributed by atoms with van der Waals surface area (Å²) in [4.78, 5) is 0. The lowest BCUT2D eigenvalue weighted by atomic mass is 10.2. The number of sulfonamides is 1. The van der Waals surface area contributed by atoms with Crippen molar-refractivity contribution in [2.45, 2.75) is 6.92 Å². The molecule has 1 aromatic carbocycles. The van der Waals surface area contributed by atoms with E-state index in [4.69, 9.17) is 0 Å². The van der Waals surface area contributed by atoms with E-state index in [1.165, 1.54) is 10.6 Å². The molecule has 0 heterocycles. The molecule has 0 aromatic heterocycles. The summed E-state index contributed by atoms with van der Waals surface area (Å²) >= 11 is 2.22. The van der Waals surface area contributed by atoms with Crippen LogP contribution in [0.2, 0.25) is 0 Å². The van der Waals surface area contributed by atoms with Gasteiger partial charge in [-0.1, -0.05) is 0 Å². The Bertz CT molecular complexity index is 442. The second-order valence-electron chi connectivity index (χ2n) is 3.16. The van der Waals surface area contributed by atoms with Crippen molar-refractivity contribution in [3.05, 3.63) is 27.3 Å². The van der Waals surface area contributed by atoms with Crippen molar-refractivity contribution in [1.29, 1.82) is 0 Å². The summed E-state index contributed by atoms with van der Waals surface area (Å²) in [5.74, 6) is 0. The number of benzene rings is 1. The summed E-state index contributed by atoms with van der Waals surface area (Å²) in [5, 5.41) is 0. The molecule has 0 fully saturated rings. The number of hydrogen-bond donors (Lipinski definition) is 0. The minimum atomic E-state index is -3.15. The highest BCUT2D eigenvalue weighted by atomic mass is 127. The van der Waals surface area contributed by atoms with E-state index in [1.54, 1.807) is 13.1 Å². The smallest absolute Gasteiger partial charge is 0.231 e. The van der Waals surface area contributed by atoms with Crippen LogP contribution in [0.5, 0.6) is 0 Å². The average Bonchev–Trinajstić information content (AvgIpc) is 2.07. The van der Waals surface area contributed by atoms with Gasteiger partial charge in [0, 0.05) is 10.6 Å². The minimum Gasteiger partial charge on any atom is -0.274 e. The van der Waals surface area contributed by atoms with Crippen molar-refractivity contribution < 1.29 is 8.42 Å². The van der Waals surface area contributed by atoms with Gasteiger partial charge in [0.1, 0.15) is 0 Å². The fraction of sp³-hybridized carbons (Fsp3) is 0.333. The number of halogens is 1. The van der Waals surface area contributed by atoms with Crippen LogP contribution in [0.1, 0.15) is 5.56 Å². The van der Waals surface area contributed by atoms with E-state index in [1.807, 2.05) is 19.1 Å². The lowest BCUT2D eigenvalue weighted by molar-refractivity contribution is 0.600. The van der Waals surface area contributed by atoms with Gasteiger partial charge in [-0.3, -0.25) is 4.31 Å². The number of aryl methyl sites for hydroxylation is 1. The maximum atomic E-state index is 11.3. The van der Waals surface area contributed by atoms with Crippen molar-refractivity contribution in [2.75, 3.05) is 17.6 Å². The Morgan fingerprint density at radius 1 is 1.36 bits per heavy atom. The van der Waals surface area contributed by atoms with Gasteiger partial charge in [-0.05, 0) is 53.3 Å². The summed E-state index contributed by atoms with van der Waals surface area (Å²) in [5.41, 5.74) is 1.78. The first-order chi connectivity index (χ1) is 6.32. The number of nitrogens with zero attached hydrogens (tertiary/aromatic N) is 1. The third kappa shape index (κ3) is 2.60. The average molecular weight is 325 g/mol. The molecular weight excluding hydrogens is 313 g/mol. The van der Waals surface area contributed by atoms with E-state index in [9.17, 15) is 8.42 Å². The van der Waals surface area contributed by atoms with E-state index >= 15 is 0 Å². The maximum absolute atomic E-state index is 11.3. The highest BCUT2D eigenvalue weighted by Gasteiger charge is 2.11. The molecule has 0 unspecified atom stereocenters. The van der Waals surface area contributed by atoms with Gasteiger partial charge in [-0.15, -0.1) is 0 Å². The Morgan fingerprint density at radius 2 is 1.93 bits per heavy atom. The molecule has 3 nitrogen and oxygen atoms in total. The molecule has 0 bridgehead atoms. The molecule has 14 heavy (non-hydrogen) atoms. The minimum absolute atomic E-state index is 0.699. The number of hydrogen-bond acceptors (Lipinski definition) is 2. The van der Waals surface area contributed by atoms with Crippen LogP contribution in [0.15, 0.2) is 18.2 Å². The van der Waals surface area contributed by atoms with Crippen molar-refractivity contribution in [3.63, 3.8) is 0 Å². The van der Waals surface area contributed by atoms with Crippen LogP contribution in [0.25, 0.3) is 0 Å². The second-order valence-corrected chi connectivity index (χ2v) is 6.34. The van der Waals surface area contributed by atoms with Crippen molar-refractivity contribution in [3.8, 4) is 0 Å². The lowest BCUT2D eigenvalue weighted by Crippen LogP contribution is -2.24. The highest BCUT2D eigenvalue weighted by molar-refractivity contribution is 14.1. The topological polar surface area (TPSA) is 37.4 Å². The molecule has 0 aliphatic heterocycles. The van der Waals surface area contributed by atoms with Gasteiger partial charge in [0.25, 0.3) is 0 Å². The SMILES string of the molecule is Cc1cc(N(C)S(C)(=O)=O)ccc1I. The Balaban J connectivity index is 3.16. The van der Waals surface area contributed by atoms with E-state index < -0.39 is 10.0 Å². The Morgan fingerprint density at radius 3 is 2.36 bits per heavy atom. The Hall–Kier alpha value is -0.300. The molecule has 5 heteroatoms. The maximum Gasteiger partial charge on any atom is 0.231 e. The molecule has 1 rings (SSSR count). The Labute approximate surface area is 98.3 Å². The lowest BCUT2D eigenvalue weighted by Gasteiger charge is -2.17. The molecule has 0 saturated carbocycles. The molecule has 0 N–H and O–H groups in total. The largest absolute Gasteiger partial charge is 0.274 e. The van der Waals surface area contributed by atoms with Gasteiger partial charge in [0.2, 0.25) is 10.0 Å². The van der Waals surface area contributed by atoms with Crippen LogP contribution in [0.3, 0.4) is 0 Å². The monoisotopic (exact) mass is 325 g/mol. The Kier molecular flexibility index (Phi) is 3.41. The summed E-state index contributed by atoms with van der Waals surface area (Å²) < 4.78 is 24.9.